The van der Waals surface area contributed by atoms with Gasteiger partial charge < -0.3 is 24.3 Å². The van der Waals surface area contributed by atoms with E-state index in [0.29, 0.717) is 5.46 Å². The summed E-state index contributed by atoms with van der Waals surface area (Å²) in [6.45, 7) is 2.24. The first-order chi connectivity index (χ1) is 10.2. The first kappa shape index (κ1) is 14.8. The maximum atomic E-state index is 9.09. The van der Waals surface area contributed by atoms with Crippen molar-refractivity contribution in [2.45, 2.75) is 37.4 Å². The molecule has 2 saturated heterocycles. The quantitative estimate of drug-likeness (QED) is 0.793. The summed E-state index contributed by atoms with van der Waals surface area (Å²) in [6.07, 6.45) is 3.78. The number of ether oxygens (including phenoxy) is 3. The predicted molar refractivity (Wildman–Crippen MR) is 78.7 cm³/mol. The van der Waals surface area contributed by atoms with Gasteiger partial charge in [-0.15, -0.1) is 0 Å². The van der Waals surface area contributed by atoms with Crippen LogP contribution in [0, 0.1) is 0 Å². The Bertz CT molecular complexity index is 450. The highest BCUT2D eigenvalue weighted by molar-refractivity contribution is 6.58. The van der Waals surface area contributed by atoms with Crippen molar-refractivity contribution in [2.75, 3.05) is 19.8 Å². The highest BCUT2D eigenvalue weighted by Gasteiger charge is 2.39. The second-order valence-corrected chi connectivity index (χ2v) is 5.82. The smallest absolute Gasteiger partial charge is 0.488 e. The maximum absolute atomic E-state index is 9.09. The van der Waals surface area contributed by atoms with Crippen LogP contribution in [0.4, 0.5) is 0 Å². The Morgan fingerprint density at radius 2 is 1.81 bits per heavy atom. The molecule has 114 valence electrons. The van der Waals surface area contributed by atoms with Crippen molar-refractivity contribution in [1.29, 1.82) is 0 Å². The van der Waals surface area contributed by atoms with Crippen molar-refractivity contribution in [3.05, 3.63) is 24.3 Å². The van der Waals surface area contributed by atoms with Gasteiger partial charge in [-0.2, -0.15) is 0 Å². The van der Waals surface area contributed by atoms with Crippen LogP contribution in [0.25, 0.3) is 0 Å². The van der Waals surface area contributed by atoms with Gasteiger partial charge in [-0.05, 0) is 30.4 Å². The monoisotopic (exact) mass is 292 g/mol. The van der Waals surface area contributed by atoms with Crippen molar-refractivity contribution in [3.63, 3.8) is 0 Å². The van der Waals surface area contributed by atoms with Crippen molar-refractivity contribution in [2.24, 2.45) is 0 Å². The van der Waals surface area contributed by atoms with Crippen molar-refractivity contribution >= 4 is 12.6 Å². The fraction of sp³-hybridized carbons (Fsp3) is 0.600. The molecule has 0 bridgehead atoms. The first-order valence-corrected chi connectivity index (χ1v) is 7.51. The van der Waals surface area contributed by atoms with E-state index in [9.17, 15) is 0 Å². The zero-order valence-electron chi connectivity index (χ0n) is 12.0. The standard InChI is InChI=1S/C15H21BO5/c17-16(18)12-1-3-13(4-2-12)21-14-5-8-20-15(11-14)6-9-19-10-7-15/h1-4,14,17-18H,5-11H2. The van der Waals surface area contributed by atoms with Crippen LogP contribution in [-0.2, 0) is 9.47 Å². The Morgan fingerprint density at radius 3 is 2.48 bits per heavy atom. The highest BCUT2D eigenvalue weighted by atomic mass is 16.5. The Labute approximate surface area is 125 Å². The lowest BCUT2D eigenvalue weighted by Gasteiger charge is -2.43. The van der Waals surface area contributed by atoms with Crippen LogP contribution in [-0.4, -0.2) is 48.7 Å². The molecule has 1 unspecified atom stereocenters. The zero-order valence-corrected chi connectivity index (χ0v) is 12.0. The molecule has 0 aliphatic carbocycles. The Morgan fingerprint density at radius 1 is 1.10 bits per heavy atom. The van der Waals surface area contributed by atoms with Gasteiger partial charge in [-0.3, -0.25) is 0 Å². The summed E-state index contributed by atoms with van der Waals surface area (Å²) in [5, 5.41) is 18.2. The van der Waals surface area contributed by atoms with Crippen LogP contribution in [0.15, 0.2) is 24.3 Å². The van der Waals surface area contributed by atoms with E-state index < -0.39 is 7.12 Å². The molecule has 5 nitrogen and oxygen atoms in total. The van der Waals surface area contributed by atoms with Gasteiger partial charge in [0.05, 0.1) is 12.2 Å². The summed E-state index contributed by atoms with van der Waals surface area (Å²) in [6, 6.07) is 6.90. The van der Waals surface area contributed by atoms with E-state index in [1.807, 2.05) is 0 Å². The minimum Gasteiger partial charge on any atom is -0.490 e. The molecule has 21 heavy (non-hydrogen) atoms. The fourth-order valence-electron chi connectivity index (χ4n) is 3.09. The molecule has 2 aliphatic rings. The molecule has 1 atom stereocenters. The Kier molecular flexibility index (Phi) is 4.49. The Hall–Kier alpha value is -1.08. The third-order valence-electron chi connectivity index (χ3n) is 4.33. The van der Waals surface area contributed by atoms with Gasteiger partial charge in [-0.25, -0.2) is 0 Å². The maximum Gasteiger partial charge on any atom is 0.488 e. The number of hydrogen-bond acceptors (Lipinski definition) is 5. The van der Waals surface area contributed by atoms with Gasteiger partial charge in [0.15, 0.2) is 0 Å². The first-order valence-electron chi connectivity index (χ1n) is 7.51. The second-order valence-electron chi connectivity index (χ2n) is 5.82. The summed E-state index contributed by atoms with van der Waals surface area (Å²) in [5.74, 6) is 0.758. The Balaban J connectivity index is 1.61. The third kappa shape index (κ3) is 3.58. The molecule has 1 aromatic carbocycles. The van der Waals surface area contributed by atoms with Crippen LogP contribution in [0.3, 0.4) is 0 Å². The molecule has 3 rings (SSSR count). The van der Waals surface area contributed by atoms with E-state index in [2.05, 4.69) is 0 Å². The minimum absolute atomic E-state index is 0.0810. The van der Waals surface area contributed by atoms with Crippen molar-refractivity contribution in [3.8, 4) is 5.75 Å². The van der Waals surface area contributed by atoms with Crippen LogP contribution < -0.4 is 10.2 Å². The van der Waals surface area contributed by atoms with E-state index in [4.69, 9.17) is 24.3 Å². The lowest BCUT2D eigenvalue weighted by atomic mass is 9.80. The molecule has 0 radical (unpaired) electrons. The number of rotatable bonds is 3. The van der Waals surface area contributed by atoms with Crippen LogP contribution >= 0.6 is 0 Å². The van der Waals surface area contributed by atoms with Gasteiger partial charge in [-0.1, -0.05) is 12.1 Å². The molecule has 0 aromatic heterocycles. The van der Waals surface area contributed by atoms with E-state index in [1.54, 1.807) is 24.3 Å². The van der Waals surface area contributed by atoms with Crippen molar-refractivity contribution < 1.29 is 24.3 Å². The summed E-state index contributed by atoms with van der Waals surface area (Å²) in [7, 11) is -1.44. The normalized spacial score (nSPS) is 24.8. The van der Waals surface area contributed by atoms with Crippen LogP contribution in [0.1, 0.15) is 25.7 Å². The average molecular weight is 292 g/mol. The van der Waals surface area contributed by atoms with Gasteiger partial charge in [0.1, 0.15) is 11.9 Å². The van der Waals surface area contributed by atoms with Crippen LogP contribution in [0.5, 0.6) is 5.75 Å². The largest absolute Gasteiger partial charge is 0.490 e. The predicted octanol–water partition coefficient (Wildman–Crippen LogP) is 0.473. The molecule has 2 aliphatic heterocycles. The van der Waals surface area contributed by atoms with Crippen molar-refractivity contribution in [1.82, 2.24) is 0 Å². The number of benzene rings is 1. The molecule has 1 aromatic rings. The van der Waals surface area contributed by atoms with Gasteiger partial charge in [0, 0.05) is 26.1 Å². The van der Waals surface area contributed by atoms with E-state index >= 15 is 0 Å². The van der Waals surface area contributed by atoms with Gasteiger partial charge >= 0.3 is 7.12 Å². The molecule has 6 heteroatoms. The minimum atomic E-state index is -1.44. The molecule has 0 saturated carbocycles. The molecular formula is C15H21BO5. The molecule has 2 fully saturated rings. The lowest BCUT2D eigenvalue weighted by Crippen LogP contribution is -2.47. The molecule has 2 heterocycles. The topological polar surface area (TPSA) is 68.2 Å². The highest BCUT2D eigenvalue weighted by Crippen LogP contribution is 2.35. The SMILES string of the molecule is OB(O)c1ccc(OC2CCOC3(CCOCC3)C2)cc1. The molecule has 1 spiro atoms. The molecular weight excluding hydrogens is 271 g/mol. The van der Waals surface area contributed by atoms with Crippen LogP contribution in [0.2, 0.25) is 0 Å². The van der Waals surface area contributed by atoms with E-state index in [1.165, 1.54) is 0 Å². The van der Waals surface area contributed by atoms with E-state index in [-0.39, 0.29) is 11.7 Å². The molecule has 0 amide bonds. The van der Waals surface area contributed by atoms with E-state index in [0.717, 1.165) is 51.3 Å². The summed E-state index contributed by atoms with van der Waals surface area (Å²) >= 11 is 0. The zero-order chi connectivity index (χ0) is 14.7. The summed E-state index contributed by atoms with van der Waals surface area (Å²) in [5.41, 5.74) is 0.387. The summed E-state index contributed by atoms with van der Waals surface area (Å²) in [4.78, 5) is 0. The summed E-state index contributed by atoms with van der Waals surface area (Å²) < 4.78 is 17.5. The second kappa shape index (κ2) is 6.36. The van der Waals surface area contributed by atoms with Gasteiger partial charge in [0.2, 0.25) is 0 Å². The fourth-order valence-corrected chi connectivity index (χ4v) is 3.09. The lowest BCUT2D eigenvalue weighted by molar-refractivity contribution is -0.155. The van der Waals surface area contributed by atoms with Gasteiger partial charge in [0.25, 0.3) is 0 Å². The third-order valence-corrected chi connectivity index (χ3v) is 4.33. The molecule has 2 N–H and O–H groups in total. The average Bonchev–Trinajstić information content (AvgIpc) is 2.49. The number of hydrogen-bond donors (Lipinski definition) is 2.